The molecule has 0 heterocycles. The molecule has 0 atom stereocenters. The summed E-state index contributed by atoms with van der Waals surface area (Å²) in [5.41, 5.74) is 2.60. The fourth-order valence-corrected chi connectivity index (χ4v) is 0.947. The molecule has 62 valence electrons. The van der Waals surface area contributed by atoms with Crippen LogP contribution in [-0.2, 0) is 4.84 Å². The lowest BCUT2D eigenvalue weighted by Crippen LogP contribution is -2.19. The Labute approximate surface area is 61.7 Å². The normalized spacial score (nSPS) is 12.0. The van der Waals surface area contributed by atoms with Gasteiger partial charge in [0.2, 0.25) is 0 Å². The topological polar surface area (TPSA) is 61.7 Å². The molecule has 0 bridgehead atoms. The summed E-state index contributed by atoms with van der Waals surface area (Å²) in [6, 6.07) is 0. The van der Waals surface area contributed by atoms with Gasteiger partial charge in [0.25, 0.3) is 7.72 Å². The van der Waals surface area contributed by atoms with Gasteiger partial charge in [-0.05, 0) is 6.92 Å². The molecule has 0 aromatic rings. The molecule has 0 aromatic carbocycles. The first-order valence-corrected chi connectivity index (χ1v) is 5.54. The van der Waals surface area contributed by atoms with Crippen molar-refractivity contribution in [3.05, 3.63) is 0 Å². The van der Waals surface area contributed by atoms with Crippen molar-refractivity contribution in [3.63, 3.8) is 0 Å². The van der Waals surface area contributed by atoms with Gasteiger partial charge in [-0.1, -0.05) is 0 Å². The molecule has 0 aliphatic heterocycles. The van der Waals surface area contributed by atoms with E-state index < -0.39 is 7.72 Å². The molecule has 0 aliphatic carbocycles. The molecule has 0 aromatic heterocycles. The summed E-state index contributed by atoms with van der Waals surface area (Å²) in [6.45, 7) is 4.39. The van der Waals surface area contributed by atoms with Crippen molar-refractivity contribution >= 4 is 7.72 Å². The zero-order valence-electron chi connectivity index (χ0n) is 6.37. The zero-order chi connectivity index (χ0) is 8.04. The predicted octanol–water partition coefficient (Wildman–Crippen LogP) is -0.0105. The van der Waals surface area contributed by atoms with Crippen LogP contribution in [0, 0.1) is 0 Å². The predicted molar refractivity (Wildman–Crippen MR) is 41.8 cm³/mol. The van der Waals surface area contributed by atoms with E-state index in [9.17, 15) is 0 Å². The number of rotatable bonds is 5. The fraction of sp³-hybridized carbons (Fsp3) is 1.00. The second kappa shape index (κ2) is 4.99. The monoisotopic (exact) mass is 168 g/mol. The Morgan fingerprint density at radius 3 is 2.50 bits per heavy atom. The molecule has 4 nitrogen and oxygen atoms in total. The van der Waals surface area contributed by atoms with E-state index in [2.05, 4.69) is 5.48 Å². The van der Waals surface area contributed by atoms with E-state index in [1.807, 2.05) is 6.92 Å². The van der Waals surface area contributed by atoms with Crippen molar-refractivity contribution < 1.29 is 14.6 Å². The third-order valence-electron chi connectivity index (χ3n) is 0.884. The van der Waals surface area contributed by atoms with Crippen LogP contribution in [0.3, 0.4) is 0 Å². The average molecular weight is 168 g/mol. The molecule has 0 fully saturated rings. The Kier molecular flexibility index (Phi) is 5.13. The van der Waals surface area contributed by atoms with Crippen LogP contribution in [0.5, 0.6) is 0 Å². The lowest BCUT2D eigenvalue weighted by molar-refractivity contribution is 0.0546. The smallest absolute Gasteiger partial charge is 0.266 e. The maximum atomic E-state index is 8.89. The van der Waals surface area contributed by atoms with E-state index in [4.69, 9.17) is 14.6 Å². The molecule has 0 spiro atoms. The van der Waals surface area contributed by atoms with Crippen LogP contribution in [0.2, 0.25) is 0 Å². The number of hydroxylamine groups is 1. The molecule has 0 radical (unpaired) electrons. The highest BCUT2D eigenvalue weighted by Crippen LogP contribution is 2.43. The molecule has 5 heteroatoms. The van der Waals surface area contributed by atoms with Crippen molar-refractivity contribution in [1.29, 1.82) is 0 Å². The molecule has 3 N–H and O–H groups in total. The summed E-state index contributed by atoms with van der Waals surface area (Å²) >= 11 is 0. The summed E-state index contributed by atoms with van der Waals surface area (Å²) in [6.07, 6.45) is 0.368. The van der Waals surface area contributed by atoms with Crippen LogP contribution in [0.4, 0.5) is 0 Å². The number of nitrogens with one attached hydrogen (secondary N) is 1. The Hall–Kier alpha value is 0.270. The minimum Gasteiger partial charge on any atom is -0.302 e. The summed E-state index contributed by atoms with van der Waals surface area (Å²) in [5, 5.41) is 0. The molecule has 0 rings (SSSR count). The summed E-state index contributed by atoms with van der Waals surface area (Å²) in [7, 11) is -2.60. The minimum absolute atomic E-state index is 0.368. The van der Waals surface area contributed by atoms with Crippen LogP contribution < -0.4 is 5.48 Å². The highest BCUT2D eigenvalue weighted by atomic mass is 31.2. The van der Waals surface area contributed by atoms with Crippen LogP contribution in [0.25, 0.3) is 0 Å². The van der Waals surface area contributed by atoms with E-state index in [1.54, 1.807) is 0 Å². The Bertz CT molecular complexity index is 83.5. The molecule has 0 aliphatic rings. The molecule has 10 heavy (non-hydrogen) atoms. The SMILES string of the molecule is CCONCC[P+](C)(O)O. The van der Waals surface area contributed by atoms with E-state index in [1.165, 1.54) is 6.66 Å². The van der Waals surface area contributed by atoms with Crippen LogP contribution >= 0.6 is 7.72 Å². The Morgan fingerprint density at radius 1 is 1.50 bits per heavy atom. The van der Waals surface area contributed by atoms with Gasteiger partial charge >= 0.3 is 0 Å². The quantitative estimate of drug-likeness (QED) is 0.307. The van der Waals surface area contributed by atoms with Crippen LogP contribution in [0.15, 0.2) is 0 Å². The fourth-order valence-electron chi connectivity index (χ4n) is 0.432. The highest BCUT2D eigenvalue weighted by Gasteiger charge is 2.23. The number of hydrogen-bond acceptors (Lipinski definition) is 4. The first kappa shape index (κ1) is 10.3. The van der Waals surface area contributed by atoms with E-state index in [0.717, 1.165) is 0 Å². The van der Waals surface area contributed by atoms with Gasteiger partial charge in [0, 0.05) is 0 Å². The lowest BCUT2D eigenvalue weighted by atomic mass is 10.8. The first-order chi connectivity index (χ1) is 4.56. The lowest BCUT2D eigenvalue weighted by Gasteiger charge is -2.06. The van der Waals surface area contributed by atoms with Gasteiger partial charge in [-0.25, -0.2) is 9.79 Å². The van der Waals surface area contributed by atoms with Gasteiger partial charge in [-0.3, -0.25) is 0 Å². The van der Waals surface area contributed by atoms with E-state index in [-0.39, 0.29) is 0 Å². The zero-order valence-corrected chi connectivity index (χ0v) is 7.27. The van der Waals surface area contributed by atoms with Crippen molar-refractivity contribution in [2.45, 2.75) is 6.92 Å². The maximum absolute atomic E-state index is 8.89. The van der Waals surface area contributed by atoms with Gasteiger partial charge in [-0.15, -0.1) is 0 Å². The third-order valence-corrected chi connectivity index (χ3v) is 1.95. The van der Waals surface area contributed by atoms with Crippen molar-refractivity contribution in [1.82, 2.24) is 5.48 Å². The van der Waals surface area contributed by atoms with Gasteiger partial charge in [0.1, 0.15) is 12.8 Å². The third kappa shape index (κ3) is 8.27. The summed E-state index contributed by atoms with van der Waals surface area (Å²) in [5.74, 6) is 0. The van der Waals surface area contributed by atoms with E-state index >= 15 is 0 Å². The minimum atomic E-state index is -2.60. The van der Waals surface area contributed by atoms with E-state index in [0.29, 0.717) is 19.3 Å². The standard InChI is InChI=1S/C5H15NO3P/c1-3-9-6-4-5-10(2,7)8/h6-8H,3-5H2,1-2H3/q+1. The Morgan fingerprint density at radius 2 is 2.10 bits per heavy atom. The van der Waals surface area contributed by atoms with Crippen molar-refractivity contribution in [3.8, 4) is 0 Å². The van der Waals surface area contributed by atoms with Gasteiger partial charge in [-0.2, -0.15) is 5.48 Å². The van der Waals surface area contributed by atoms with Crippen LogP contribution in [-0.4, -0.2) is 35.8 Å². The number of hydrogen-bond donors (Lipinski definition) is 3. The second-order valence-electron chi connectivity index (χ2n) is 2.14. The maximum Gasteiger partial charge on any atom is 0.266 e. The highest BCUT2D eigenvalue weighted by molar-refractivity contribution is 7.63. The molecule has 0 unspecified atom stereocenters. The second-order valence-corrected chi connectivity index (χ2v) is 4.76. The van der Waals surface area contributed by atoms with Gasteiger partial charge < -0.3 is 4.84 Å². The van der Waals surface area contributed by atoms with Crippen molar-refractivity contribution in [2.24, 2.45) is 0 Å². The molecular formula is C5H15NO3P+. The molecular weight excluding hydrogens is 153 g/mol. The Balaban J connectivity index is 3.04. The van der Waals surface area contributed by atoms with Gasteiger partial charge in [0.05, 0.1) is 13.2 Å². The summed E-state index contributed by atoms with van der Waals surface area (Å²) < 4.78 is 0. The van der Waals surface area contributed by atoms with Crippen molar-refractivity contribution in [2.75, 3.05) is 26.0 Å². The summed E-state index contributed by atoms with van der Waals surface area (Å²) in [4.78, 5) is 22.6. The van der Waals surface area contributed by atoms with Crippen LogP contribution in [0.1, 0.15) is 6.92 Å². The molecule has 0 amide bonds. The molecule has 0 saturated carbocycles. The average Bonchev–Trinajstić information content (AvgIpc) is 1.78. The largest absolute Gasteiger partial charge is 0.302 e. The first-order valence-electron chi connectivity index (χ1n) is 3.22. The molecule has 0 saturated heterocycles. The van der Waals surface area contributed by atoms with Gasteiger partial charge in [0.15, 0.2) is 0 Å².